The fraction of sp³-hybridized carbons (Fsp3) is 0.750. The van der Waals surface area contributed by atoms with Gasteiger partial charge in [0.25, 0.3) is 0 Å². The molecular weight excluding hydrogens is 250 g/mol. The summed E-state index contributed by atoms with van der Waals surface area (Å²) >= 11 is 0. The van der Waals surface area contributed by atoms with Gasteiger partial charge in [-0.1, -0.05) is 0 Å². The molecule has 0 radical (unpaired) electrons. The first kappa shape index (κ1) is 15.4. The molecule has 2 rings (SSSR count). The molecule has 0 bridgehead atoms. The lowest BCUT2D eigenvalue weighted by Crippen LogP contribution is -2.18. The minimum atomic E-state index is 0.708. The first-order valence-electron chi connectivity index (χ1n) is 7.84. The average molecular weight is 277 g/mol. The van der Waals surface area contributed by atoms with Crippen LogP contribution in [-0.2, 0) is 17.6 Å². The van der Waals surface area contributed by atoms with Crippen LogP contribution in [0.1, 0.15) is 49.0 Å². The van der Waals surface area contributed by atoms with Gasteiger partial charge in [-0.2, -0.15) is 0 Å². The lowest BCUT2D eigenvalue weighted by Gasteiger charge is -2.11. The minimum Gasteiger partial charge on any atom is -0.381 e. The number of hydrogen-bond acceptors (Lipinski definition) is 4. The molecule has 4 nitrogen and oxygen atoms in total. The van der Waals surface area contributed by atoms with Gasteiger partial charge in [-0.3, -0.25) is 0 Å². The van der Waals surface area contributed by atoms with Crippen molar-refractivity contribution in [1.29, 1.82) is 0 Å². The Labute approximate surface area is 122 Å². The fourth-order valence-corrected chi connectivity index (χ4v) is 2.45. The zero-order valence-electron chi connectivity index (χ0n) is 13.0. The number of ether oxygens (including phenoxy) is 1. The first-order chi connectivity index (χ1) is 9.70. The molecule has 0 amide bonds. The van der Waals surface area contributed by atoms with Gasteiger partial charge >= 0.3 is 0 Å². The van der Waals surface area contributed by atoms with Crippen LogP contribution in [0.5, 0.6) is 0 Å². The third-order valence-electron chi connectivity index (χ3n) is 3.76. The number of nitrogens with one attached hydrogen (secondary N) is 1. The van der Waals surface area contributed by atoms with E-state index in [4.69, 9.17) is 4.74 Å². The largest absolute Gasteiger partial charge is 0.381 e. The predicted molar refractivity (Wildman–Crippen MR) is 81.0 cm³/mol. The summed E-state index contributed by atoms with van der Waals surface area (Å²) in [7, 11) is 0. The molecule has 0 unspecified atom stereocenters. The van der Waals surface area contributed by atoms with Crippen molar-refractivity contribution in [2.75, 3.05) is 19.8 Å². The number of aryl methyl sites for hydroxylation is 2. The topological polar surface area (TPSA) is 47.0 Å². The maximum atomic E-state index is 5.37. The number of rotatable bonds is 9. The summed E-state index contributed by atoms with van der Waals surface area (Å²) in [4.78, 5) is 9.24. The minimum absolute atomic E-state index is 0.708. The highest BCUT2D eigenvalue weighted by atomic mass is 16.5. The van der Waals surface area contributed by atoms with Gasteiger partial charge < -0.3 is 10.1 Å². The Kier molecular flexibility index (Phi) is 5.92. The summed E-state index contributed by atoms with van der Waals surface area (Å²) in [6.45, 7) is 8.78. The molecule has 1 saturated carbocycles. The van der Waals surface area contributed by atoms with Crippen molar-refractivity contribution < 1.29 is 4.74 Å². The third-order valence-corrected chi connectivity index (χ3v) is 3.76. The lowest BCUT2D eigenvalue weighted by molar-refractivity contribution is 0.149. The van der Waals surface area contributed by atoms with Crippen LogP contribution in [0.4, 0.5) is 0 Å². The molecule has 1 heterocycles. The van der Waals surface area contributed by atoms with Crippen molar-refractivity contribution in [3.63, 3.8) is 0 Å². The Morgan fingerprint density at radius 3 is 2.45 bits per heavy atom. The molecule has 1 N–H and O–H groups in total. The fourth-order valence-electron chi connectivity index (χ4n) is 2.45. The van der Waals surface area contributed by atoms with Gasteiger partial charge in [0.15, 0.2) is 0 Å². The molecule has 0 atom stereocenters. The Hall–Kier alpha value is -1.00. The predicted octanol–water partition coefficient (Wildman–Crippen LogP) is 2.36. The third kappa shape index (κ3) is 4.84. The Morgan fingerprint density at radius 1 is 1.15 bits per heavy atom. The van der Waals surface area contributed by atoms with Crippen LogP contribution in [0.25, 0.3) is 0 Å². The van der Waals surface area contributed by atoms with Crippen LogP contribution < -0.4 is 5.32 Å². The van der Waals surface area contributed by atoms with Gasteiger partial charge in [0.2, 0.25) is 0 Å². The molecule has 1 aromatic heterocycles. The van der Waals surface area contributed by atoms with E-state index >= 15 is 0 Å². The van der Waals surface area contributed by atoms with Gasteiger partial charge in [-0.25, -0.2) is 9.97 Å². The molecule has 0 spiro atoms. The highest BCUT2D eigenvalue weighted by molar-refractivity contribution is 5.24. The summed E-state index contributed by atoms with van der Waals surface area (Å²) in [5.74, 6) is 0.910. The van der Waals surface area contributed by atoms with E-state index in [1.54, 1.807) is 0 Å². The summed E-state index contributed by atoms with van der Waals surface area (Å²) < 4.78 is 5.37. The standard InChI is InChI=1S/C16H27N3O/c1-4-20-11-9-16-18-12(2)15(13(3)19-16)6-5-10-17-14-7-8-14/h14,17H,4-11H2,1-3H3. The van der Waals surface area contributed by atoms with Crippen LogP contribution >= 0.6 is 0 Å². The molecule has 1 aromatic rings. The Bertz CT molecular complexity index is 407. The number of nitrogens with zero attached hydrogens (tertiary/aromatic N) is 2. The van der Waals surface area contributed by atoms with Crippen molar-refractivity contribution in [3.8, 4) is 0 Å². The highest BCUT2D eigenvalue weighted by Crippen LogP contribution is 2.19. The summed E-state index contributed by atoms with van der Waals surface area (Å²) in [5.41, 5.74) is 3.59. The van der Waals surface area contributed by atoms with E-state index in [2.05, 4.69) is 29.1 Å². The lowest BCUT2D eigenvalue weighted by atomic mass is 10.1. The normalized spacial score (nSPS) is 14.8. The van der Waals surface area contributed by atoms with Crippen LogP contribution in [0.3, 0.4) is 0 Å². The van der Waals surface area contributed by atoms with E-state index < -0.39 is 0 Å². The second-order valence-electron chi connectivity index (χ2n) is 5.57. The zero-order valence-corrected chi connectivity index (χ0v) is 13.0. The van der Waals surface area contributed by atoms with Crippen molar-refractivity contribution in [3.05, 3.63) is 22.8 Å². The molecule has 1 aliphatic rings. The molecule has 20 heavy (non-hydrogen) atoms. The van der Waals surface area contributed by atoms with Gasteiger partial charge in [-0.05, 0) is 58.6 Å². The van der Waals surface area contributed by atoms with E-state index in [1.165, 1.54) is 24.8 Å². The van der Waals surface area contributed by atoms with E-state index in [0.717, 1.165) is 49.2 Å². The van der Waals surface area contributed by atoms with Crippen molar-refractivity contribution in [2.45, 2.75) is 58.9 Å². The second-order valence-corrected chi connectivity index (χ2v) is 5.57. The maximum Gasteiger partial charge on any atom is 0.131 e. The summed E-state index contributed by atoms with van der Waals surface area (Å²) in [5, 5.41) is 3.55. The molecular formula is C16H27N3O. The Morgan fingerprint density at radius 2 is 1.85 bits per heavy atom. The van der Waals surface area contributed by atoms with Crippen molar-refractivity contribution >= 4 is 0 Å². The van der Waals surface area contributed by atoms with Crippen LogP contribution in [0.15, 0.2) is 0 Å². The maximum absolute atomic E-state index is 5.37. The molecule has 0 aliphatic heterocycles. The van der Waals surface area contributed by atoms with Crippen LogP contribution in [0, 0.1) is 13.8 Å². The summed E-state index contributed by atoms with van der Waals surface area (Å²) in [6, 6.07) is 0.800. The van der Waals surface area contributed by atoms with Gasteiger partial charge in [-0.15, -0.1) is 0 Å². The Balaban J connectivity index is 1.84. The summed E-state index contributed by atoms with van der Waals surface area (Å²) in [6.07, 6.45) is 5.76. The van der Waals surface area contributed by atoms with Crippen molar-refractivity contribution in [1.82, 2.24) is 15.3 Å². The van der Waals surface area contributed by atoms with E-state index in [0.29, 0.717) is 6.61 Å². The zero-order chi connectivity index (χ0) is 14.4. The molecule has 4 heteroatoms. The van der Waals surface area contributed by atoms with E-state index in [-0.39, 0.29) is 0 Å². The van der Waals surface area contributed by atoms with Crippen LogP contribution in [0.2, 0.25) is 0 Å². The van der Waals surface area contributed by atoms with Gasteiger partial charge in [0.1, 0.15) is 5.82 Å². The molecule has 1 fully saturated rings. The van der Waals surface area contributed by atoms with Gasteiger partial charge in [0.05, 0.1) is 6.61 Å². The highest BCUT2D eigenvalue weighted by Gasteiger charge is 2.19. The van der Waals surface area contributed by atoms with Crippen LogP contribution in [-0.4, -0.2) is 35.8 Å². The van der Waals surface area contributed by atoms with Crippen molar-refractivity contribution in [2.24, 2.45) is 0 Å². The van der Waals surface area contributed by atoms with E-state index in [1.807, 2.05) is 6.92 Å². The molecule has 112 valence electrons. The number of aromatic nitrogens is 2. The van der Waals surface area contributed by atoms with Gasteiger partial charge in [0, 0.05) is 30.5 Å². The monoisotopic (exact) mass is 277 g/mol. The quantitative estimate of drug-likeness (QED) is 0.704. The SMILES string of the molecule is CCOCCc1nc(C)c(CCCNC2CC2)c(C)n1. The number of hydrogen-bond donors (Lipinski definition) is 1. The smallest absolute Gasteiger partial charge is 0.131 e. The first-order valence-corrected chi connectivity index (χ1v) is 7.84. The molecule has 0 saturated heterocycles. The second kappa shape index (κ2) is 7.70. The average Bonchev–Trinajstić information content (AvgIpc) is 3.21. The molecule has 0 aromatic carbocycles. The molecule has 1 aliphatic carbocycles. The van der Waals surface area contributed by atoms with E-state index in [9.17, 15) is 0 Å².